The average Bonchev–Trinajstić information content (AvgIpc) is 2.60. The molecule has 0 spiro atoms. The molecule has 3 N–H and O–H groups in total. The van der Waals surface area contributed by atoms with Crippen molar-refractivity contribution >= 4 is 28.4 Å². The Kier molecular flexibility index (Phi) is 8.43. The van der Waals surface area contributed by atoms with Crippen molar-refractivity contribution in [1.82, 2.24) is 15.0 Å². The van der Waals surface area contributed by atoms with E-state index in [1.165, 1.54) is 20.3 Å². The second-order valence-corrected chi connectivity index (χ2v) is 5.58. The van der Waals surface area contributed by atoms with E-state index in [-0.39, 0.29) is 17.7 Å². The molecule has 2 aromatic rings. The normalized spacial score (nSPS) is 9.43. The quantitative estimate of drug-likeness (QED) is 0.741. The van der Waals surface area contributed by atoms with Crippen LogP contribution in [0.2, 0.25) is 0 Å². The van der Waals surface area contributed by atoms with Crippen molar-refractivity contribution in [2.24, 2.45) is 10.1 Å². The molecule has 0 saturated carbocycles. The van der Waals surface area contributed by atoms with Gasteiger partial charge in [0, 0.05) is 6.20 Å². The molecular formula is C15H18N6O6S. The van der Waals surface area contributed by atoms with Crippen LogP contribution in [0.25, 0.3) is 0 Å². The minimum absolute atomic E-state index is 0.149. The van der Waals surface area contributed by atoms with Crippen molar-refractivity contribution in [3.05, 3.63) is 35.2 Å². The van der Waals surface area contributed by atoms with E-state index < -0.39 is 22.4 Å². The fourth-order valence-electron chi connectivity index (χ4n) is 1.92. The van der Waals surface area contributed by atoms with Gasteiger partial charge >= 0.3 is 16.5 Å². The number of hydrogen-bond acceptors (Lipinski definition) is 9. The van der Waals surface area contributed by atoms with Crippen LogP contribution < -0.4 is 20.5 Å². The molecule has 2 heterocycles. The molecule has 0 aliphatic heterocycles. The number of pyridine rings is 1. The number of nitrogens with one attached hydrogen (secondary N) is 1. The molecule has 150 valence electrons. The van der Waals surface area contributed by atoms with Crippen LogP contribution in [-0.4, -0.2) is 49.5 Å². The van der Waals surface area contributed by atoms with Gasteiger partial charge in [-0.25, -0.2) is 4.79 Å². The molecule has 2 rings (SSSR count). The average molecular weight is 410 g/mol. The Labute approximate surface area is 161 Å². The number of urea groups is 1. The summed E-state index contributed by atoms with van der Waals surface area (Å²) >= 11 is 0. The first-order valence-electron chi connectivity index (χ1n) is 7.49. The smallest absolute Gasteiger partial charge is 0.362 e. The lowest BCUT2D eigenvalue weighted by atomic mass is 10.1. The molecule has 0 atom stereocenters. The van der Waals surface area contributed by atoms with Crippen LogP contribution in [0.4, 0.5) is 10.7 Å². The lowest BCUT2D eigenvalue weighted by Crippen LogP contribution is -2.15. The summed E-state index contributed by atoms with van der Waals surface area (Å²) < 4.78 is 32.6. The van der Waals surface area contributed by atoms with Crippen LogP contribution in [0.15, 0.2) is 22.7 Å². The number of aryl methyl sites for hydroxylation is 2. The van der Waals surface area contributed by atoms with E-state index in [9.17, 15) is 18.0 Å². The van der Waals surface area contributed by atoms with E-state index in [0.29, 0.717) is 11.3 Å². The van der Waals surface area contributed by atoms with Gasteiger partial charge in [0.15, 0.2) is 0 Å². The Balaban J connectivity index is 0.000000307. The standard InChI is InChI=1S/C8H10N2O.C7H8N4O5S/c1-5-3-4-10-6(2)7(5)8(9)11;1-15-4-3-5(16-2)9-6(8-4)10-7(12)11-17(13)14/h3-4H,1-2H3,(H2,9,11);3H,1-2H3,(H,8,9,10,12). The number of carbonyl (C=O) groups excluding carboxylic acids is 2. The van der Waals surface area contributed by atoms with E-state index in [2.05, 4.69) is 19.3 Å². The zero-order valence-electron chi connectivity index (χ0n) is 15.5. The third kappa shape index (κ3) is 6.95. The second-order valence-electron chi connectivity index (χ2n) is 4.97. The van der Waals surface area contributed by atoms with Gasteiger partial charge in [-0.3, -0.25) is 15.1 Å². The number of methoxy groups -OCH3 is 2. The van der Waals surface area contributed by atoms with Gasteiger partial charge in [0.25, 0.3) is 5.91 Å². The summed E-state index contributed by atoms with van der Waals surface area (Å²) in [6.45, 7) is 3.61. The van der Waals surface area contributed by atoms with Crippen LogP contribution in [0.3, 0.4) is 0 Å². The molecule has 3 amide bonds. The molecule has 12 nitrogen and oxygen atoms in total. The Bertz CT molecular complexity index is 958. The van der Waals surface area contributed by atoms with Crippen LogP contribution in [0.1, 0.15) is 21.6 Å². The number of amides is 3. The minimum atomic E-state index is -2.84. The van der Waals surface area contributed by atoms with E-state index in [0.717, 1.165) is 5.56 Å². The number of ether oxygens (including phenoxy) is 2. The molecule has 0 aliphatic carbocycles. The number of aromatic nitrogens is 3. The zero-order valence-corrected chi connectivity index (χ0v) is 16.3. The number of nitrogens with two attached hydrogens (primary N) is 1. The fourth-order valence-corrected chi connectivity index (χ4v) is 2.10. The van der Waals surface area contributed by atoms with E-state index in [1.54, 1.807) is 19.2 Å². The van der Waals surface area contributed by atoms with Gasteiger partial charge < -0.3 is 15.2 Å². The monoisotopic (exact) mass is 410 g/mol. The number of rotatable bonds is 4. The van der Waals surface area contributed by atoms with Gasteiger partial charge in [0.2, 0.25) is 17.7 Å². The molecule has 28 heavy (non-hydrogen) atoms. The van der Waals surface area contributed by atoms with Crippen molar-refractivity contribution < 1.29 is 27.5 Å². The topological polar surface area (TPSA) is 176 Å². The maximum atomic E-state index is 11.0. The summed E-state index contributed by atoms with van der Waals surface area (Å²) in [7, 11) is -0.108. The summed E-state index contributed by atoms with van der Waals surface area (Å²) in [6.07, 6.45) is 1.66. The van der Waals surface area contributed by atoms with E-state index in [1.807, 2.05) is 12.2 Å². The predicted octanol–water partition coefficient (Wildman–Crippen LogP) is 0.886. The van der Waals surface area contributed by atoms with Crippen molar-refractivity contribution in [3.8, 4) is 11.8 Å². The highest BCUT2D eigenvalue weighted by atomic mass is 32.2. The van der Waals surface area contributed by atoms with Gasteiger partial charge in [0.1, 0.15) is 0 Å². The van der Waals surface area contributed by atoms with Crippen LogP contribution in [0, 0.1) is 13.8 Å². The lowest BCUT2D eigenvalue weighted by molar-refractivity contribution is 0.0998. The van der Waals surface area contributed by atoms with Gasteiger partial charge in [-0.05, 0) is 25.5 Å². The Morgan fingerprint density at radius 2 is 1.71 bits per heavy atom. The first-order valence-corrected chi connectivity index (χ1v) is 8.52. The highest BCUT2D eigenvalue weighted by molar-refractivity contribution is 7.62. The number of nitrogens with zero attached hydrogens (tertiary/aromatic N) is 4. The summed E-state index contributed by atoms with van der Waals surface area (Å²) in [5, 5.41) is 2.04. The van der Waals surface area contributed by atoms with E-state index in [4.69, 9.17) is 15.2 Å². The molecule has 0 radical (unpaired) electrons. The molecule has 0 unspecified atom stereocenters. The highest BCUT2D eigenvalue weighted by Crippen LogP contribution is 2.17. The maximum absolute atomic E-state index is 11.0. The fraction of sp³-hybridized carbons (Fsp3) is 0.267. The van der Waals surface area contributed by atoms with Gasteiger partial charge in [-0.15, -0.1) is 0 Å². The third-order valence-electron chi connectivity index (χ3n) is 3.07. The Morgan fingerprint density at radius 3 is 2.11 bits per heavy atom. The maximum Gasteiger partial charge on any atom is 0.362 e. The summed E-state index contributed by atoms with van der Waals surface area (Å²) in [4.78, 5) is 33.3. The molecular weight excluding hydrogens is 392 g/mol. The summed E-state index contributed by atoms with van der Waals surface area (Å²) in [5.74, 6) is -0.292. The summed E-state index contributed by atoms with van der Waals surface area (Å²) in [5.41, 5.74) is 7.24. The van der Waals surface area contributed by atoms with Crippen LogP contribution >= 0.6 is 0 Å². The van der Waals surface area contributed by atoms with Gasteiger partial charge in [0.05, 0.1) is 31.5 Å². The molecule has 0 aromatic carbocycles. The van der Waals surface area contributed by atoms with Gasteiger partial charge in [-0.2, -0.15) is 18.4 Å². The first-order chi connectivity index (χ1) is 13.2. The molecule has 13 heteroatoms. The zero-order chi connectivity index (χ0) is 21.3. The SMILES string of the molecule is COc1cc(OC)nc(NC(=O)N=S(=O)=O)n1.Cc1ccnc(C)c1C(N)=O. The van der Waals surface area contributed by atoms with Crippen molar-refractivity contribution in [3.63, 3.8) is 0 Å². The second kappa shape index (κ2) is 10.5. The predicted molar refractivity (Wildman–Crippen MR) is 97.7 cm³/mol. The third-order valence-corrected chi connectivity index (χ3v) is 3.38. The Morgan fingerprint density at radius 1 is 1.14 bits per heavy atom. The molecule has 0 bridgehead atoms. The van der Waals surface area contributed by atoms with Gasteiger partial charge in [-0.1, -0.05) is 4.36 Å². The van der Waals surface area contributed by atoms with Crippen LogP contribution in [0.5, 0.6) is 11.8 Å². The first kappa shape index (κ1) is 22.4. The van der Waals surface area contributed by atoms with E-state index >= 15 is 0 Å². The van der Waals surface area contributed by atoms with Crippen molar-refractivity contribution in [1.29, 1.82) is 0 Å². The number of hydrogen-bond donors (Lipinski definition) is 2. The van der Waals surface area contributed by atoms with Crippen molar-refractivity contribution in [2.45, 2.75) is 13.8 Å². The largest absolute Gasteiger partial charge is 0.481 e. The molecule has 0 aliphatic rings. The number of anilines is 1. The highest BCUT2D eigenvalue weighted by Gasteiger charge is 2.09. The van der Waals surface area contributed by atoms with Crippen molar-refractivity contribution in [2.75, 3.05) is 19.5 Å². The number of primary amides is 1. The lowest BCUT2D eigenvalue weighted by Gasteiger charge is -2.05. The number of carbonyl (C=O) groups is 2. The molecule has 2 aromatic heterocycles. The Hall–Kier alpha value is -3.61. The molecule has 0 fully saturated rings. The van der Waals surface area contributed by atoms with Crippen LogP contribution in [-0.2, 0) is 10.5 Å². The summed E-state index contributed by atoms with van der Waals surface area (Å²) in [6, 6.07) is 2.04. The minimum Gasteiger partial charge on any atom is -0.481 e. The molecule has 0 saturated heterocycles.